The number of hydrogen-bond acceptors (Lipinski definition) is 3. The van der Waals surface area contributed by atoms with E-state index >= 15 is 0 Å². The quantitative estimate of drug-likeness (QED) is 0.628. The second-order valence-corrected chi connectivity index (χ2v) is 3.83. The largest absolute Gasteiger partial charge is 0.486 e. The summed E-state index contributed by atoms with van der Waals surface area (Å²) in [7, 11) is 0. The zero-order valence-corrected chi connectivity index (χ0v) is 9.54. The third kappa shape index (κ3) is 2.90. The smallest absolute Gasteiger partial charge is 0.335 e. The monoisotopic (exact) mass is 241 g/mol. The van der Waals surface area contributed by atoms with Gasteiger partial charge >= 0.3 is 5.97 Å². The van der Waals surface area contributed by atoms with Gasteiger partial charge in [-0.05, 0) is 24.6 Å². The van der Waals surface area contributed by atoms with Crippen molar-refractivity contribution in [2.45, 2.75) is 6.92 Å². The molecule has 86 valence electrons. The standard InChI is InChI=1S/C11H12ClNO3/c1-6(2)5-16-10-8(12)3-7(11(14)15)4-9(10)13/h3-4H,1,5,13H2,2H3,(H,14,15). The first-order valence-electron chi connectivity index (χ1n) is 4.51. The van der Waals surface area contributed by atoms with Crippen molar-refractivity contribution in [2.24, 2.45) is 0 Å². The molecule has 1 aromatic rings. The molecule has 5 heteroatoms. The van der Waals surface area contributed by atoms with E-state index in [1.165, 1.54) is 12.1 Å². The zero-order valence-electron chi connectivity index (χ0n) is 8.79. The van der Waals surface area contributed by atoms with Crippen LogP contribution in [0.3, 0.4) is 0 Å². The maximum Gasteiger partial charge on any atom is 0.335 e. The van der Waals surface area contributed by atoms with Gasteiger partial charge in [0, 0.05) is 0 Å². The third-order valence-corrected chi connectivity index (χ3v) is 2.06. The summed E-state index contributed by atoms with van der Waals surface area (Å²) in [6, 6.07) is 2.61. The van der Waals surface area contributed by atoms with Gasteiger partial charge in [0.1, 0.15) is 6.61 Å². The van der Waals surface area contributed by atoms with Crippen LogP contribution in [0.4, 0.5) is 5.69 Å². The van der Waals surface area contributed by atoms with Crippen molar-refractivity contribution in [3.05, 3.63) is 34.9 Å². The van der Waals surface area contributed by atoms with E-state index in [0.717, 1.165) is 5.57 Å². The van der Waals surface area contributed by atoms with Crippen molar-refractivity contribution in [2.75, 3.05) is 12.3 Å². The number of carbonyl (C=O) groups is 1. The Morgan fingerprint density at radius 1 is 1.62 bits per heavy atom. The molecular formula is C11H12ClNO3. The van der Waals surface area contributed by atoms with E-state index in [4.69, 9.17) is 27.2 Å². The van der Waals surface area contributed by atoms with E-state index in [-0.39, 0.29) is 28.6 Å². The first kappa shape index (κ1) is 12.4. The van der Waals surface area contributed by atoms with Gasteiger partial charge < -0.3 is 15.6 Å². The molecule has 16 heavy (non-hydrogen) atoms. The van der Waals surface area contributed by atoms with E-state index in [0.29, 0.717) is 0 Å². The van der Waals surface area contributed by atoms with Crippen LogP contribution in [0, 0.1) is 0 Å². The predicted octanol–water partition coefficient (Wildman–Crippen LogP) is 2.58. The van der Waals surface area contributed by atoms with Gasteiger partial charge in [0.05, 0.1) is 16.3 Å². The first-order chi connectivity index (χ1) is 7.41. The molecule has 0 aliphatic carbocycles. The topological polar surface area (TPSA) is 72.5 Å². The highest BCUT2D eigenvalue weighted by Crippen LogP contribution is 2.32. The lowest BCUT2D eigenvalue weighted by atomic mass is 10.2. The fraction of sp³-hybridized carbons (Fsp3) is 0.182. The highest BCUT2D eigenvalue weighted by atomic mass is 35.5. The van der Waals surface area contributed by atoms with Crippen molar-refractivity contribution in [3.63, 3.8) is 0 Å². The minimum Gasteiger partial charge on any atom is -0.486 e. The molecule has 0 fully saturated rings. The van der Waals surface area contributed by atoms with Crippen LogP contribution in [-0.4, -0.2) is 17.7 Å². The SMILES string of the molecule is C=C(C)COc1c(N)cc(C(=O)O)cc1Cl. The number of carboxylic acid groups (broad SMARTS) is 1. The fourth-order valence-electron chi connectivity index (χ4n) is 1.09. The second-order valence-electron chi connectivity index (χ2n) is 3.43. The fourth-order valence-corrected chi connectivity index (χ4v) is 1.37. The van der Waals surface area contributed by atoms with Crippen LogP contribution in [0.1, 0.15) is 17.3 Å². The number of rotatable bonds is 4. The van der Waals surface area contributed by atoms with Crippen molar-refractivity contribution < 1.29 is 14.6 Å². The van der Waals surface area contributed by atoms with Gasteiger partial charge in [-0.2, -0.15) is 0 Å². The Hall–Kier alpha value is -1.68. The molecule has 0 bridgehead atoms. The van der Waals surface area contributed by atoms with Gasteiger partial charge in [0.15, 0.2) is 5.75 Å². The summed E-state index contributed by atoms with van der Waals surface area (Å²) in [6.45, 7) is 5.76. The zero-order chi connectivity index (χ0) is 12.3. The number of carboxylic acids is 1. The van der Waals surface area contributed by atoms with E-state index < -0.39 is 5.97 Å². The summed E-state index contributed by atoms with van der Waals surface area (Å²) in [5, 5.41) is 8.95. The lowest BCUT2D eigenvalue weighted by Gasteiger charge is -2.11. The van der Waals surface area contributed by atoms with Gasteiger partial charge in [0.2, 0.25) is 0 Å². The second kappa shape index (κ2) is 4.90. The van der Waals surface area contributed by atoms with Crippen LogP contribution in [-0.2, 0) is 0 Å². The summed E-state index contributed by atoms with van der Waals surface area (Å²) in [5.74, 6) is -0.797. The average Bonchev–Trinajstić information content (AvgIpc) is 2.15. The maximum absolute atomic E-state index is 10.7. The van der Waals surface area contributed by atoms with Crippen molar-refractivity contribution >= 4 is 23.3 Å². The van der Waals surface area contributed by atoms with Gasteiger partial charge in [-0.15, -0.1) is 0 Å². The Bertz CT molecular complexity index is 420. The number of aromatic carboxylic acids is 1. The molecule has 3 N–H and O–H groups in total. The lowest BCUT2D eigenvalue weighted by Crippen LogP contribution is -2.04. The van der Waals surface area contributed by atoms with E-state index in [9.17, 15) is 4.79 Å². The van der Waals surface area contributed by atoms with Crippen LogP contribution in [0.2, 0.25) is 5.02 Å². The summed E-state index contributed by atoms with van der Waals surface area (Å²) in [4.78, 5) is 10.7. The molecule has 0 spiro atoms. The number of nitrogens with two attached hydrogens (primary N) is 1. The average molecular weight is 242 g/mol. The lowest BCUT2D eigenvalue weighted by molar-refractivity contribution is 0.0697. The van der Waals surface area contributed by atoms with E-state index in [1.807, 2.05) is 0 Å². The normalized spacial score (nSPS) is 9.88. The van der Waals surface area contributed by atoms with Gasteiger partial charge in [0.25, 0.3) is 0 Å². The Morgan fingerprint density at radius 3 is 2.69 bits per heavy atom. The molecule has 0 unspecified atom stereocenters. The first-order valence-corrected chi connectivity index (χ1v) is 4.89. The summed E-state index contributed by atoms with van der Waals surface area (Å²) < 4.78 is 5.31. The molecule has 1 aromatic carbocycles. The maximum atomic E-state index is 10.7. The molecule has 0 aromatic heterocycles. The number of anilines is 1. The molecule has 0 aliphatic rings. The molecule has 0 saturated heterocycles. The minimum absolute atomic E-state index is 0.0326. The molecule has 0 amide bonds. The molecular weight excluding hydrogens is 230 g/mol. The Morgan fingerprint density at radius 2 is 2.25 bits per heavy atom. The molecule has 0 saturated carbocycles. The van der Waals surface area contributed by atoms with Gasteiger partial charge in [-0.3, -0.25) is 0 Å². The third-order valence-electron chi connectivity index (χ3n) is 1.78. The molecule has 1 rings (SSSR count). The van der Waals surface area contributed by atoms with Gasteiger partial charge in [-0.25, -0.2) is 4.79 Å². The van der Waals surface area contributed by atoms with Crippen molar-refractivity contribution in [1.82, 2.24) is 0 Å². The highest BCUT2D eigenvalue weighted by Gasteiger charge is 2.12. The predicted molar refractivity (Wildman–Crippen MR) is 63.1 cm³/mol. The minimum atomic E-state index is -1.08. The van der Waals surface area contributed by atoms with Crippen LogP contribution < -0.4 is 10.5 Å². The number of hydrogen-bond donors (Lipinski definition) is 2. The highest BCUT2D eigenvalue weighted by molar-refractivity contribution is 6.32. The molecule has 4 nitrogen and oxygen atoms in total. The van der Waals surface area contributed by atoms with E-state index in [2.05, 4.69) is 6.58 Å². The van der Waals surface area contributed by atoms with Crippen molar-refractivity contribution in [1.29, 1.82) is 0 Å². The summed E-state index contributed by atoms with van der Waals surface area (Å²) in [5.41, 5.74) is 6.69. The van der Waals surface area contributed by atoms with Crippen LogP contribution in [0.5, 0.6) is 5.75 Å². The summed E-state index contributed by atoms with van der Waals surface area (Å²) in [6.07, 6.45) is 0. The Labute approximate surface area is 98.3 Å². The molecule has 0 aliphatic heterocycles. The summed E-state index contributed by atoms with van der Waals surface area (Å²) >= 11 is 5.86. The number of ether oxygens (including phenoxy) is 1. The van der Waals surface area contributed by atoms with Crippen LogP contribution in [0.15, 0.2) is 24.3 Å². The Kier molecular flexibility index (Phi) is 3.79. The molecule has 0 radical (unpaired) electrons. The van der Waals surface area contributed by atoms with E-state index in [1.54, 1.807) is 6.92 Å². The van der Waals surface area contributed by atoms with Gasteiger partial charge in [-0.1, -0.05) is 18.2 Å². The van der Waals surface area contributed by atoms with Crippen molar-refractivity contribution in [3.8, 4) is 5.75 Å². The molecule has 0 heterocycles. The number of halogens is 1. The Balaban J connectivity index is 3.03. The van der Waals surface area contributed by atoms with Crippen LogP contribution in [0.25, 0.3) is 0 Å². The number of benzene rings is 1. The number of nitrogen functional groups attached to an aromatic ring is 1. The van der Waals surface area contributed by atoms with Crippen LogP contribution >= 0.6 is 11.6 Å². The molecule has 0 atom stereocenters.